The standard InChI is InChI=1S/C12H23N3O2/c1-3-12(6-4-7-14-9-12)11(17)15-8-5-10(16)13-2/h14H,3-9H2,1-2H3,(H,13,16)(H,15,17). The minimum absolute atomic E-state index is 0.0439. The topological polar surface area (TPSA) is 70.2 Å². The van der Waals surface area contributed by atoms with E-state index >= 15 is 0 Å². The molecule has 17 heavy (non-hydrogen) atoms. The Labute approximate surface area is 103 Å². The van der Waals surface area contributed by atoms with Crippen LogP contribution in [0, 0.1) is 5.41 Å². The van der Waals surface area contributed by atoms with E-state index in [2.05, 4.69) is 16.0 Å². The highest BCUT2D eigenvalue weighted by Crippen LogP contribution is 2.30. The molecule has 0 spiro atoms. The first-order valence-corrected chi connectivity index (χ1v) is 6.34. The molecule has 0 aromatic heterocycles. The van der Waals surface area contributed by atoms with Crippen molar-refractivity contribution >= 4 is 11.8 Å². The fourth-order valence-corrected chi connectivity index (χ4v) is 2.23. The number of hydrogen-bond donors (Lipinski definition) is 3. The van der Waals surface area contributed by atoms with Crippen molar-refractivity contribution in [2.45, 2.75) is 32.6 Å². The molecule has 2 amide bonds. The fraction of sp³-hybridized carbons (Fsp3) is 0.833. The van der Waals surface area contributed by atoms with Gasteiger partial charge in [0.05, 0.1) is 5.41 Å². The summed E-state index contributed by atoms with van der Waals surface area (Å²) < 4.78 is 0. The molecule has 1 unspecified atom stereocenters. The minimum atomic E-state index is -0.277. The molecule has 1 atom stereocenters. The van der Waals surface area contributed by atoms with Crippen LogP contribution in [0.15, 0.2) is 0 Å². The lowest BCUT2D eigenvalue weighted by atomic mass is 9.77. The van der Waals surface area contributed by atoms with Crippen molar-refractivity contribution in [2.24, 2.45) is 5.41 Å². The van der Waals surface area contributed by atoms with Crippen molar-refractivity contribution in [2.75, 3.05) is 26.7 Å². The van der Waals surface area contributed by atoms with Gasteiger partial charge in [-0.05, 0) is 25.8 Å². The van der Waals surface area contributed by atoms with E-state index < -0.39 is 0 Å². The van der Waals surface area contributed by atoms with E-state index in [0.717, 1.165) is 32.4 Å². The average Bonchev–Trinajstić information content (AvgIpc) is 2.39. The Morgan fingerprint density at radius 1 is 1.41 bits per heavy atom. The van der Waals surface area contributed by atoms with Gasteiger partial charge in [0.1, 0.15) is 0 Å². The molecule has 1 saturated heterocycles. The van der Waals surface area contributed by atoms with Crippen molar-refractivity contribution in [3.63, 3.8) is 0 Å². The zero-order valence-electron chi connectivity index (χ0n) is 10.8. The van der Waals surface area contributed by atoms with Crippen LogP contribution in [-0.4, -0.2) is 38.5 Å². The summed E-state index contributed by atoms with van der Waals surface area (Å²) in [7, 11) is 1.60. The van der Waals surface area contributed by atoms with E-state index in [0.29, 0.717) is 13.0 Å². The lowest BCUT2D eigenvalue weighted by Gasteiger charge is -2.35. The van der Waals surface area contributed by atoms with E-state index in [4.69, 9.17) is 0 Å². The molecule has 1 aliphatic heterocycles. The highest BCUT2D eigenvalue weighted by Gasteiger charge is 2.37. The molecule has 5 heteroatoms. The molecule has 0 aliphatic carbocycles. The predicted molar refractivity (Wildman–Crippen MR) is 66.5 cm³/mol. The molecule has 98 valence electrons. The van der Waals surface area contributed by atoms with Gasteiger partial charge in [0.15, 0.2) is 0 Å². The fourth-order valence-electron chi connectivity index (χ4n) is 2.23. The van der Waals surface area contributed by atoms with E-state index in [-0.39, 0.29) is 17.2 Å². The number of rotatable bonds is 5. The quantitative estimate of drug-likeness (QED) is 0.635. The Bertz CT molecular complexity index is 273. The third kappa shape index (κ3) is 3.70. The summed E-state index contributed by atoms with van der Waals surface area (Å²) >= 11 is 0. The van der Waals surface area contributed by atoms with Gasteiger partial charge in [0, 0.05) is 26.6 Å². The van der Waals surface area contributed by atoms with Crippen LogP contribution in [0.5, 0.6) is 0 Å². The minimum Gasteiger partial charge on any atom is -0.359 e. The van der Waals surface area contributed by atoms with Crippen LogP contribution < -0.4 is 16.0 Å². The van der Waals surface area contributed by atoms with Crippen molar-refractivity contribution in [3.05, 3.63) is 0 Å². The van der Waals surface area contributed by atoms with Gasteiger partial charge in [-0.2, -0.15) is 0 Å². The van der Waals surface area contributed by atoms with Crippen LogP contribution in [0.4, 0.5) is 0 Å². The predicted octanol–water partition coefficient (Wildman–Crippen LogP) is 0.0185. The van der Waals surface area contributed by atoms with Gasteiger partial charge in [0.2, 0.25) is 11.8 Å². The summed E-state index contributed by atoms with van der Waals surface area (Å²) in [5.74, 6) is 0.0359. The third-order valence-corrected chi connectivity index (χ3v) is 3.55. The first kappa shape index (κ1) is 14.0. The SMILES string of the molecule is CCC1(C(=O)NCCC(=O)NC)CCCNC1. The molecular weight excluding hydrogens is 218 g/mol. The zero-order chi connectivity index (χ0) is 12.7. The Hall–Kier alpha value is -1.10. The molecule has 1 fully saturated rings. The maximum atomic E-state index is 12.1. The van der Waals surface area contributed by atoms with Crippen LogP contribution in [0.1, 0.15) is 32.6 Å². The van der Waals surface area contributed by atoms with Gasteiger partial charge < -0.3 is 16.0 Å². The van der Waals surface area contributed by atoms with Gasteiger partial charge in [0.25, 0.3) is 0 Å². The van der Waals surface area contributed by atoms with Crippen LogP contribution in [0.3, 0.4) is 0 Å². The second-order valence-corrected chi connectivity index (χ2v) is 4.59. The molecule has 0 saturated carbocycles. The molecule has 1 aliphatic rings. The third-order valence-electron chi connectivity index (χ3n) is 3.55. The lowest BCUT2D eigenvalue weighted by Crippen LogP contribution is -2.50. The lowest BCUT2D eigenvalue weighted by molar-refractivity contribution is -0.132. The molecule has 1 heterocycles. The number of nitrogens with one attached hydrogen (secondary N) is 3. The molecule has 0 radical (unpaired) electrons. The molecule has 1 rings (SSSR count). The summed E-state index contributed by atoms with van der Waals surface area (Å²) in [6.45, 7) is 4.20. The zero-order valence-corrected chi connectivity index (χ0v) is 10.8. The normalized spacial score (nSPS) is 24.1. The largest absolute Gasteiger partial charge is 0.359 e. The Balaban J connectivity index is 2.41. The average molecular weight is 241 g/mol. The Kier molecular flexibility index (Phi) is 5.41. The second kappa shape index (κ2) is 6.59. The summed E-state index contributed by atoms with van der Waals surface area (Å²) in [6.07, 6.45) is 3.15. The Morgan fingerprint density at radius 2 is 2.18 bits per heavy atom. The van der Waals surface area contributed by atoms with Crippen molar-refractivity contribution in [1.82, 2.24) is 16.0 Å². The van der Waals surface area contributed by atoms with E-state index in [1.54, 1.807) is 7.05 Å². The first-order valence-electron chi connectivity index (χ1n) is 6.34. The van der Waals surface area contributed by atoms with Gasteiger partial charge in [-0.25, -0.2) is 0 Å². The highest BCUT2D eigenvalue weighted by atomic mass is 16.2. The molecule has 0 aromatic rings. The van der Waals surface area contributed by atoms with Gasteiger partial charge in [-0.15, -0.1) is 0 Å². The van der Waals surface area contributed by atoms with Gasteiger partial charge in [-0.1, -0.05) is 6.92 Å². The van der Waals surface area contributed by atoms with Crippen LogP contribution in [0.25, 0.3) is 0 Å². The summed E-state index contributed by atoms with van der Waals surface area (Å²) in [6, 6.07) is 0. The number of piperidine rings is 1. The maximum Gasteiger partial charge on any atom is 0.227 e. The van der Waals surface area contributed by atoms with E-state index in [1.165, 1.54) is 0 Å². The maximum absolute atomic E-state index is 12.1. The molecular formula is C12H23N3O2. The number of amides is 2. The molecule has 0 aromatic carbocycles. The monoisotopic (exact) mass is 241 g/mol. The molecule has 3 N–H and O–H groups in total. The smallest absolute Gasteiger partial charge is 0.227 e. The Morgan fingerprint density at radius 3 is 2.71 bits per heavy atom. The summed E-state index contributed by atoms with van der Waals surface area (Å²) in [4.78, 5) is 23.2. The van der Waals surface area contributed by atoms with E-state index in [1.807, 2.05) is 6.92 Å². The van der Waals surface area contributed by atoms with Crippen LogP contribution in [-0.2, 0) is 9.59 Å². The first-order chi connectivity index (χ1) is 8.14. The van der Waals surface area contributed by atoms with E-state index in [9.17, 15) is 9.59 Å². The summed E-state index contributed by atoms with van der Waals surface area (Å²) in [5.41, 5.74) is -0.277. The van der Waals surface area contributed by atoms with Gasteiger partial charge >= 0.3 is 0 Å². The number of carbonyl (C=O) groups excluding carboxylic acids is 2. The number of hydrogen-bond acceptors (Lipinski definition) is 3. The van der Waals surface area contributed by atoms with Crippen molar-refractivity contribution in [3.8, 4) is 0 Å². The van der Waals surface area contributed by atoms with Crippen molar-refractivity contribution in [1.29, 1.82) is 0 Å². The van der Waals surface area contributed by atoms with Gasteiger partial charge in [-0.3, -0.25) is 9.59 Å². The number of carbonyl (C=O) groups is 2. The van der Waals surface area contributed by atoms with Crippen LogP contribution in [0.2, 0.25) is 0 Å². The molecule has 0 bridgehead atoms. The van der Waals surface area contributed by atoms with Crippen molar-refractivity contribution < 1.29 is 9.59 Å². The van der Waals surface area contributed by atoms with Crippen LogP contribution >= 0.6 is 0 Å². The summed E-state index contributed by atoms with van der Waals surface area (Å²) in [5, 5.41) is 8.69. The second-order valence-electron chi connectivity index (χ2n) is 4.59. The molecule has 5 nitrogen and oxygen atoms in total. The highest BCUT2D eigenvalue weighted by molar-refractivity contribution is 5.83.